The van der Waals surface area contributed by atoms with E-state index >= 15 is 0 Å². The molecule has 8 aromatic rings. The molecule has 88 heavy (non-hydrogen) atoms. The molecule has 0 atom stereocenters. The fraction of sp³-hybridized carbons (Fsp3) is 0.155. The van der Waals surface area contributed by atoms with E-state index in [-0.39, 0.29) is 233 Å². The van der Waals surface area contributed by atoms with Gasteiger partial charge in [0, 0.05) is 67.8 Å². The van der Waals surface area contributed by atoms with Crippen LogP contribution in [0.4, 0.5) is 22.7 Å². The standard InChI is InChI=1S/C58H51N4O17S4.5Na/c1-29-21-42-46(81(71,72)73)20-18-44(52(42)48(22-29)83(77,78)79)60-58(67)50-31(3)24-33(5)54(35(50)7)62-56(65)39-14-9-12-37(26-39)28-40(63)27-36-11-8-13-38(25-36)55(64)61-53-32(4)23-30(2)49(34(53)6)57(66)59-43-17-19-45(80(68,69)70)41-15-10-16-47(51(41)43)82(74,75)76;;;;;/h8-9,11-26H,27-28H2,1-7H3,(H,59,66)(H,60,67)(H,61,64)(H,62,65)(H,68,69,70)(H,71,72,73)(H,74,75,76)(H,77,78,79);;;;;/q-1;5*+1/p-4. The molecule has 0 aliphatic heterocycles. The van der Waals surface area contributed by atoms with Crippen molar-refractivity contribution in [2.24, 2.45) is 0 Å². The smallest absolute Gasteiger partial charge is 0.754 e. The number of aryl methyl sites for hydroxylation is 5. The maximum absolute atomic E-state index is 14.1. The summed E-state index contributed by atoms with van der Waals surface area (Å²) in [6, 6.07) is 25.8. The minimum absolute atomic E-state index is 0. The second-order valence-electron chi connectivity index (χ2n) is 19.7. The zero-order chi connectivity index (χ0) is 61.0. The molecule has 0 spiro atoms. The van der Waals surface area contributed by atoms with Crippen molar-refractivity contribution in [1.82, 2.24) is 0 Å². The van der Waals surface area contributed by atoms with E-state index in [1.807, 2.05) is 0 Å². The average molecular weight is 1320 g/mol. The van der Waals surface area contributed by atoms with E-state index in [9.17, 15) is 75.9 Å². The minimum atomic E-state index is -5.29. The van der Waals surface area contributed by atoms with Crippen LogP contribution in [-0.4, -0.2) is 81.3 Å². The van der Waals surface area contributed by atoms with Crippen LogP contribution in [0.3, 0.4) is 0 Å². The second kappa shape index (κ2) is 30.9. The number of fused-ring (bicyclic) bond motifs is 2. The maximum atomic E-state index is 14.1. The molecule has 0 aliphatic carbocycles. The summed E-state index contributed by atoms with van der Waals surface area (Å²) in [5, 5.41) is 8.89. The fourth-order valence-corrected chi connectivity index (χ4v) is 13.0. The Balaban J connectivity index is 0.00000405. The molecular formula is C58H47N4Na5O17S4. The summed E-state index contributed by atoms with van der Waals surface area (Å²) >= 11 is 0. The van der Waals surface area contributed by atoms with Gasteiger partial charge in [-0.3, -0.25) is 32.4 Å². The van der Waals surface area contributed by atoms with Gasteiger partial charge >= 0.3 is 148 Å². The summed E-state index contributed by atoms with van der Waals surface area (Å²) in [7, 11) is -20.9. The molecule has 0 radical (unpaired) electrons. The van der Waals surface area contributed by atoms with Gasteiger partial charge in [0.25, 0.3) is 23.6 Å². The van der Waals surface area contributed by atoms with Gasteiger partial charge in [0.2, 0.25) is 0 Å². The minimum Gasteiger partial charge on any atom is -0.754 e. The third kappa shape index (κ3) is 17.6. The van der Waals surface area contributed by atoms with Gasteiger partial charge in [0.1, 0.15) is 36.1 Å². The summed E-state index contributed by atoms with van der Waals surface area (Å²) in [5.74, 6) is -3.18. The molecule has 0 fully saturated rings. The van der Waals surface area contributed by atoms with Crippen molar-refractivity contribution in [3.05, 3.63) is 188 Å². The number of Topliss-reactive ketones (excluding diaryl/α,β-unsaturated/α-hetero) is 1. The summed E-state index contributed by atoms with van der Waals surface area (Å²) in [6.45, 7) is 11.1. The van der Waals surface area contributed by atoms with E-state index in [0.29, 0.717) is 33.4 Å². The van der Waals surface area contributed by atoms with Crippen molar-refractivity contribution < 1.29 is 224 Å². The summed E-state index contributed by atoms with van der Waals surface area (Å²) < 4.78 is 147. The zero-order valence-electron chi connectivity index (χ0n) is 49.9. The molecule has 430 valence electrons. The van der Waals surface area contributed by atoms with Crippen molar-refractivity contribution >= 4 is 114 Å². The van der Waals surface area contributed by atoms with E-state index in [1.165, 1.54) is 37.3 Å². The van der Waals surface area contributed by atoms with Crippen molar-refractivity contribution in [3.8, 4) is 0 Å². The Hall–Kier alpha value is -3.53. The summed E-state index contributed by atoms with van der Waals surface area (Å²) in [5.41, 5.74) is 3.80. The molecule has 0 saturated carbocycles. The van der Waals surface area contributed by atoms with Gasteiger partial charge in [-0.1, -0.05) is 53.9 Å². The van der Waals surface area contributed by atoms with E-state index < -0.39 is 99.8 Å². The number of amides is 4. The third-order valence-corrected chi connectivity index (χ3v) is 17.2. The number of hydrogen-bond donors (Lipinski definition) is 4. The van der Waals surface area contributed by atoms with Crippen LogP contribution in [0.2, 0.25) is 0 Å². The molecule has 4 amide bonds. The van der Waals surface area contributed by atoms with Gasteiger partial charge in [0.05, 0.1) is 25.6 Å². The molecule has 0 bridgehead atoms. The van der Waals surface area contributed by atoms with Gasteiger partial charge in [-0.25, -0.2) is 25.3 Å². The van der Waals surface area contributed by atoms with Gasteiger partial charge < -0.3 is 39.5 Å². The van der Waals surface area contributed by atoms with Crippen LogP contribution in [0.5, 0.6) is 0 Å². The third-order valence-electron chi connectivity index (χ3n) is 13.7. The topological polar surface area (TPSA) is 362 Å². The van der Waals surface area contributed by atoms with Crippen molar-refractivity contribution in [2.75, 3.05) is 21.3 Å². The number of hydrogen-bond acceptors (Lipinski definition) is 17. The molecular weight excluding hydrogens is 1270 g/mol. The van der Waals surface area contributed by atoms with Gasteiger partial charge in [-0.2, -0.15) is 18.2 Å². The van der Waals surface area contributed by atoms with Crippen LogP contribution in [0.15, 0.2) is 129 Å². The first-order valence-electron chi connectivity index (χ1n) is 24.7. The normalized spacial score (nSPS) is 11.4. The SMILES string of the molecule is Cc1cc(S(=O)(=O)[O-])c2c(NC(=O)c3c(C)cc(C)c(NC(=O)c4cccc(CC(=O)Cc5cccc(C(=O)Nc6c(C)cc(C)c(C(=O)Nc7ccc(S(=O)(=O)[O-])c8c[c-]cc(S(=O)(=O)[O-])c78)c6C)c5)c4)c3C)ccc(S(=O)(=O)[O-])c2c1.[Na+].[Na+].[Na+].[Na+].[Na+]. The number of rotatable bonds is 16. The van der Waals surface area contributed by atoms with Crippen LogP contribution in [0.25, 0.3) is 21.5 Å². The molecule has 0 aliphatic rings. The molecule has 0 heterocycles. The first-order valence-corrected chi connectivity index (χ1v) is 30.3. The Morgan fingerprint density at radius 3 is 1.19 bits per heavy atom. The summed E-state index contributed by atoms with van der Waals surface area (Å²) in [6.07, 6.45) is -0.265. The molecule has 0 saturated heterocycles. The van der Waals surface area contributed by atoms with Gasteiger partial charge in [0.15, 0.2) is 0 Å². The molecule has 4 N–H and O–H groups in total. The first-order chi connectivity index (χ1) is 38.6. The Labute approximate surface area is 619 Å². The van der Waals surface area contributed by atoms with Gasteiger partial charge in [-0.05, 0) is 152 Å². The van der Waals surface area contributed by atoms with E-state index in [2.05, 4.69) is 27.3 Å². The Morgan fingerprint density at radius 2 is 0.795 bits per heavy atom. The Bertz CT molecular complexity index is 4670. The summed E-state index contributed by atoms with van der Waals surface area (Å²) in [4.78, 5) is 66.0. The van der Waals surface area contributed by atoms with Crippen molar-refractivity contribution in [2.45, 2.75) is 80.9 Å². The van der Waals surface area contributed by atoms with Crippen molar-refractivity contribution in [1.29, 1.82) is 0 Å². The van der Waals surface area contributed by atoms with Gasteiger partial charge in [-0.15, -0.1) is 5.39 Å². The molecule has 0 unspecified atom stereocenters. The van der Waals surface area contributed by atoms with Crippen LogP contribution in [-0.2, 0) is 58.1 Å². The van der Waals surface area contributed by atoms with E-state index in [4.69, 9.17) is 0 Å². The Morgan fingerprint density at radius 1 is 0.409 bits per heavy atom. The number of ketones is 1. The van der Waals surface area contributed by atoms with Crippen LogP contribution >= 0.6 is 0 Å². The molecule has 30 heteroatoms. The molecule has 8 rings (SSSR count). The number of benzene rings is 8. The molecule has 8 aromatic carbocycles. The number of carbonyl (C=O) groups excluding carboxylic acids is 5. The van der Waals surface area contributed by atoms with E-state index in [0.717, 1.165) is 42.5 Å². The number of nitrogens with one attached hydrogen (secondary N) is 4. The largest absolute Gasteiger partial charge is 1.00 e. The maximum Gasteiger partial charge on any atom is 1.00 e. The zero-order valence-corrected chi connectivity index (χ0v) is 63.1. The van der Waals surface area contributed by atoms with E-state index in [1.54, 1.807) is 77.9 Å². The quantitative estimate of drug-likeness (QED) is 0.0397. The number of carbonyl (C=O) groups is 5. The van der Waals surface area contributed by atoms with Crippen LogP contribution in [0, 0.1) is 54.5 Å². The van der Waals surface area contributed by atoms with Crippen molar-refractivity contribution in [3.63, 3.8) is 0 Å². The second-order valence-corrected chi connectivity index (χ2v) is 25.1. The van der Waals surface area contributed by atoms with Crippen LogP contribution < -0.4 is 169 Å². The Kier molecular flexibility index (Phi) is 27.7. The predicted molar refractivity (Wildman–Crippen MR) is 302 cm³/mol. The predicted octanol–water partition coefficient (Wildman–Crippen LogP) is -7.05. The van der Waals surface area contributed by atoms with Crippen LogP contribution in [0.1, 0.15) is 91.5 Å². The number of anilines is 4. The molecule has 0 aromatic heterocycles. The first kappa shape index (κ1) is 78.7. The average Bonchev–Trinajstić information content (AvgIpc) is 1.46. The molecule has 21 nitrogen and oxygen atoms in total. The monoisotopic (exact) mass is 1310 g/mol. The fourth-order valence-electron chi connectivity index (χ4n) is 10.2.